The summed E-state index contributed by atoms with van der Waals surface area (Å²) in [5.74, 6) is -0.419. The van der Waals surface area contributed by atoms with Gasteiger partial charge in [-0.05, 0) is 55.3 Å². The molecule has 0 saturated heterocycles. The Labute approximate surface area is 187 Å². The third-order valence-corrected chi connectivity index (χ3v) is 5.97. The van der Waals surface area contributed by atoms with E-state index in [4.69, 9.17) is 0 Å². The lowest BCUT2D eigenvalue weighted by molar-refractivity contribution is 0.0968. The molecule has 0 amide bonds. The number of ketones is 1. The second-order valence-corrected chi connectivity index (χ2v) is 7.95. The average molecular weight is 423 g/mol. The van der Waals surface area contributed by atoms with E-state index in [2.05, 4.69) is 6.07 Å². The Hall–Kier alpha value is -3.97. The molecule has 0 atom stereocenters. The topological polar surface area (TPSA) is 45.8 Å². The van der Waals surface area contributed by atoms with Crippen LogP contribution in [0.15, 0.2) is 91.0 Å². The smallest absolute Gasteiger partial charge is 0.166 e. The number of aryl methyl sites for hydroxylation is 1. The fourth-order valence-electron chi connectivity index (χ4n) is 4.35. The second kappa shape index (κ2) is 8.64. The second-order valence-electron chi connectivity index (χ2n) is 7.95. The molecule has 3 aromatic carbocycles. The summed E-state index contributed by atoms with van der Waals surface area (Å²) in [6, 6.07) is 29.4. The van der Waals surface area contributed by atoms with E-state index in [9.17, 15) is 14.4 Å². The number of rotatable bonds is 6. The largest absolute Gasteiger partial charge is 0.318 e. The van der Waals surface area contributed by atoms with Crippen LogP contribution < -0.4 is 0 Å². The monoisotopic (exact) mass is 422 g/mol. The summed E-state index contributed by atoms with van der Waals surface area (Å²) >= 11 is 0. The maximum absolute atomic E-state index is 13.6. The van der Waals surface area contributed by atoms with Crippen LogP contribution in [-0.4, -0.2) is 10.4 Å². The first-order valence-corrected chi connectivity index (χ1v) is 10.5. The number of nitrogens with zero attached hydrogens (tertiary/aromatic N) is 2. The minimum atomic E-state index is -1.10. The SMILES string of the molecule is Cc1cc(C(=O)CC(C#N)(c2ccccc2)c2ccccc2)c(C)n1-c1ccc(F)cc1. The van der Waals surface area contributed by atoms with E-state index >= 15 is 0 Å². The van der Waals surface area contributed by atoms with Gasteiger partial charge in [0.1, 0.15) is 11.2 Å². The van der Waals surface area contributed by atoms with Gasteiger partial charge in [0.2, 0.25) is 0 Å². The standard InChI is InChI=1S/C28H23FN2O/c1-20-17-26(21(2)31(20)25-15-13-24(29)14-16-25)27(32)18-28(19-30,22-9-5-3-6-10-22)23-11-7-4-8-12-23/h3-17H,18H2,1-2H3. The van der Waals surface area contributed by atoms with E-state index in [0.29, 0.717) is 5.56 Å². The highest BCUT2D eigenvalue weighted by Crippen LogP contribution is 2.37. The molecule has 4 aromatic rings. The van der Waals surface area contributed by atoms with Crippen molar-refractivity contribution in [3.8, 4) is 11.8 Å². The van der Waals surface area contributed by atoms with E-state index in [-0.39, 0.29) is 18.0 Å². The molecule has 4 rings (SSSR count). The van der Waals surface area contributed by atoms with E-state index in [1.807, 2.05) is 85.1 Å². The zero-order valence-corrected chi connectivity index (χ0v) is 18.0. The molecule has 4 heteroatoms. The van der Waals surface area contributed by atoms with Crippen LogP contribution in [0.1, 0.15) is 39.3 Å². The molecule has 0 aliphatic carbocycles. The van der Waals surface area contributed by atoms with Gasteiger partial charge in [-0.3, -0.25) is 4.79 Å². The van der Waals surface area contributed by atoms with Crippen LogP contribution in [0.25, 0.3) is 5.69 Å². The molecule has 1 heterocycles. The molecule has 0 radical (unpaired) electrons. The first-order valence-electron chi connectivity index (χ1n) is 10.5. The molecular weight excluding hydrogens is 399 g/mol. The third-order valence-electron chi connectivity index (χ3n) is 5.97. The number of halogens is 1. The lowest BCUT2D eigenvalue weighted by Crippen LogP contribution is -2.29. The summed E-state index contributed by atoms with van der Waals surface area (Å²) in [6.45, 7) is 3.79. The lowest BCUT2D eigenvalue weighted by Gasteiger charge is -2.27. The predicted octanol–water partition coefficient (Wildman–Crippen LogP) is 6.32. The Balaban J connectivity index is 1.78. The maximum Gasteiger partial charge on any atom is 0.166 e. The van der Waals surface area contributed by atoms with Gasteiger partial charge in [0, 0.05) is 29.1 Å². The zero-order chi connectivity index (χ0) is 22.7. The van der Waals surface area contributed by atoms with E-state index in [1.165, 1.54) is 12.1 Å². The predicted molar refractivity (Wildman–Crippen MR) is 123 cm³/mol. The van der Waals surface area contributed by atoms with Gasteiger partial charge in [0.15, 0.2) is 5.78 Å². The van der Waals surface area contributed by atoms with Crippen LogP contribution in [0.4, 0.5) is 4.39 Å². The number of carbonyl (C=O) groups excluding carboxylic acids is 1. The Morgan fingerprint density at radius 3 is 1.94 bits per heavy atom. The van der Waals surface area contributed by atoms with Gasteiger partial charge in [-0.25, -0.2) is 4.39 Å². The molecular formula is C28H23FN2O. The van der Waals surface area contributed by atoms with Crippen molar-refractivity contribution >= 4 is 5.78 Å². The third kappa shape index (κ3) is 3.74. The van der Waals surface area contributed by atoms with Crippen molar-refractivity contribution in [2.24, 2.45) is 0 Å². The van der Waals surface area contributed by atoms with Crippen LogP contribution in [0, 0.1) is 31.0 Å². The van der Waals surface area contributed by atoms with E-state index < -0.39 is 5.41 Å². The zero-order valence-electron chi connectivity index (χ0n) is 18.0. The summed E-state index contributed by atoms with van der Waals surface area (Å²) < 4.78 is 15.3. The molecule has 0 spiro atoms. The van der Waals surface area contributed by atoms with Crippen LogP contribution in [0.5, 0.6) is 0 Å². The average Bonchev–Trinajstić information content (AvgIpc) is 3.13. The first-order chi connectivity index (χ1) is 15.5. The van der Waals surface area contributed by atoms with Crippen LogP contribution >= 0.6 is 0 Å². The molecule has 0 N–H and O–H groups in total. The summed E-state index contributed by atoms with van der Waals surface area (Å²) in [7, 11) is 0. The van der Waals surface area contributed by atoms with Gasteiger partial charge in [-0.2, -0.15) is 5.26 Å². The van der Waals surface area contributed by atoms with Crippen LogP contribution in [0.3, 0.4) is 0 Å². The molecule has 0 fully saturated rings. The maximum atomic E-state index is 13.6. The molecule has 32 heavy (non-hydrogen) atoms. The van der Waals surface area contributed by atoms with Gasteiger partial charge in [-0.1, -0.05) is 60.7 Å². The van der Waals surface area contributed by atoms with Crippen molar-refractivity contribution in [2.45, 2.75) is 25.7 Å². The molecule has 3 nitrogen and oxygen atoms in total. The number of nitriles is 1. The Bertz CT molecular complexity index is 1240. The fourth-order valence-corrected chi connectivity index (χ4v) is 4.35. The van der Waals surface area contributed by atoms with Crippen molar-refractivity contribution in [2.75, 3.05) is 0 Å². The molecule has 1 aromatic heterocycles. The van der Waals surface area contributed by atoms with Gasteiger partial charge in [0.05, 0.1) is 6.07 Å². The molecule has 0 aliphatic heterocycles. The summed E-state index contributed by atoms with van der Waals surface area (Å²) in [4.78, 5) is 13.6. The highest BCUT2D eigenvalue weighted by Gasteiger charge is 2.37. The van der Waals surface area contributed by atoms with Gasteiger partial charge < -0.3 is 4.57 Å². The Kier molecular flexibility index (Phi) is 5.75. The fraction of sp³-hybridized carbons (Fsp3) is 0.143. The summed E-state index contributed by atoms with van der Waals surface area (Å²) in [6.07, 6.45) is 0.0191. The number of hydrogen-bond acceptors (Lipinski definition) is 2. The molecule has 0 unspecified atom stereocenters. The molecule has 158 valence electrons. The number of hydrogen-bond donors (Lipinski definition) is 0. The molecule has 0 bridgehead atoms. The van der Waals surface area contributed by atoms with Crippen molar-refractivity contribution in [1.29, 1.82) is 5.26 Å². The summed E-state index contributed by atoms with van der Waals surface area (Å²) in [5.41, 5.74) is 3.48. The first kappa shape index (κ1) is 21.3. The van der Waals surface area contributed by atoms with Gasteiger partial charge in [-0.15, -0.1) is 0 Å². The molecule has 0 aliphatic rings. The minimum Gasteiger partial charge on any atom is -0.318 e. The number of aromatic nitrogens is 1. The number of Topliss-reactive ketones (excluding diaryl/α,β-unsaturated/α-hetero) is 1. The van der Waals surface area contributed by atoms with E-state index in [1.54, 1.807) is 12.1 Å². The van der Waals surface area contributed by atoms with Crippen molar-refractivity contribution in [1.82, 2.24) is 4.57 Å². The molecule has 0 saturated carbocycles. The summed E-state index contributed by atoms with van der Waals surface area (Å²) in [5, 5.41) is 10.4. The Morgan fingerprint density at radius 2 is 1.44 bits per heavy atom. The minimum absolute atomic E-state index is 0.0191. The van der Waals surface area contributed by atoms with Crippen LogP contribution in [-0.2, 0) is 5.41 Å². The lowest BCUT2D eigenvalue weighted by atomic mass is 9.71. The van der Waals surface area contributed by atoms with Gasteiger partial charge in [0.25, 0.3) is 0 Å². The quantitative estimate of drug-likeness (QED) is 0.342. The van der Waals surface area contributed by atoms with Crippen molar-refractivity contribution < 1.29 is 9.18 Å². The highest BCUT2D eigenvalue weighted by atomic mass is 19.1. The highest BCUT2D eigenvalue weighted by molar-refractivity contribution is 5.99. The van der Waals surface area contributed by atoms with Crippen molar-refractivity contribution in [3.05, 3.63) is 125 Å². The van der Waals surface area contributed by atoms with Crippen molar-refractivity contribution in [3.63, 3.8) is 0 Å². The number of carbonyl (C=O) groups is 1. The Morgan fingerprint density at radius 1 is 0.906 bits per heavy atom. The normalized spacial score (nSPS) is 11.2. The van der Waals surface area contributed by atoms with E-state index in [0.717, 1.165) is 28.2 Å². The number of benzene rings is 3. The van der Waals surface area contributed by atoms with Crippen LogP contribution in [0.2, 0.25) is 0 Å². The van der Waals surface area contributed by atoms with Gasteiger partial charge >= 0.3 is 0 Å².